The third-order valence-corrected chi connectivity index (χ3v) is 5.91. The summed E-state index contributed by atoms with van der Waals surface area (Å²) in [6, 6.07) is 0.911. The Morgan fingerprint density at radius 3 is 1.92 bits per heavy atom. The number of aromatic hydroxyl groups is 1. The fourth-order valence-electron chi connectivity index (χ4n) is 3.07. The van der Waals surface area contributed by atoms with E-state index in [4.69, 9.17) is 10.8 Å². The van der Waals surface area contributed by atoms with Gasteiger partial charge >= 0.3 is 11.9 Å². The molecule has 1 rings (SSSR count). The molecule has 0 spiro atoms. The SMILES string of the molecule is CSCCC(NC(=O)C(N)C(C)C)C(=O)NC(Cc1ccc(O)cc1)C(=O)NC(CC(=O)O)C(=O)O. The number of nitrogens with two attached hydrogens (primary N) is 1. The summed E-state index contributed by atoms with van der Waals surface area (Å²) < 4.78 is 0. The molecule has 13 heteroatoms. The highest BCUT2D eigenvalue weighted by molar-refractivity contribution is 7.98. The van der Waals surface area contributed by atoms with E-state index in [9.17, 15) is 34.2 Å². The van der Waals surface area contributed by atoms with Crippen molar-refractivity contribution >= 4 is 41.4 Å². The second kappa shape index (κ2) is 14.9. The minimum atomic E-state index is -1.72. The largest absolute Gasteiger partial charge is 0.508 e. The van der Waals surface area contributed by atoms with Crippen molar-refractivity contribution in [3.05, 3.63) is 29.8 Å². The summed E-state index contributed by atoms with van der Waals surface area (Å²) in [6.45, 7) is 3.52. The number of hydrogen-bond donors (Lipinski definition) is 7. The van der Waals surface area contributed by atoms with Crippen molar-refractivity contribution in [3.63, 3.8) is 0 Å². The minimum absolute atomic E-state index is 0.0162. The zero-order chi connectivity index (χ0) is 27.4. The van der Waals surface area contributed by atoms with Gasteiger partial charge in [0.15, 0.2) is 0 Å². The number of carboxylic acid groups (broad SMARTS) is 2. The molecular formula is C23H34N4O8S. The van der Waals surface area contributed by atoms with Crippen molar-refractivity contribution in [1.29, 1.82) is 0 Å². The fraction of sp³-hybridized carbons (Fsp3) is 0.522. The van der Waals surface area contributed by atoms with Crippen LogP contribution in [0.3, 0.4) is 0 Å². The molecule has 0 aliphatic carbocycles. The zero-order valence-electron chi connectivity index (χ0n) is 20.4. The molecule has 1 aromatic rings. The Balaban J connectivity index is 3.16. The minimum Gasteiger partial charge on any atom is -0.508 e. The van der Waals surface area contributed by atoms with Crippen LogP contribution in [0.4, 0.5) is 0 Å². The van der Waals surface area contributed by atoms with E-state index >= 15 is 0 Å². The van der Waals surface area contributed by atoms with Gasteiger partial charge in [-0.1, -0.05) is 26.0 Å². The average molecular weight is 527 g/mol. The van der Waals surface area contributed by atoms with Crippen molar-refractivity contribution in [2.24, 2.45) is 11.7 Å². The van der Waals surface area contributed by atoms with Crippen LogP contribution in [0.2, 0.25) is 0 Å². The summed E-state index contributed by atoms with van der Waals surface area (Å²) in [5, 5.41) is 35.0. The number of rotatable bonds is 15. The number of hydrogen-bond acceptors (Lipinski definition) is 8. The normalized spacial score (nSPS) is 14.2. The van der Waals surface area contributed by atoms with Gasteiger partial charge in [0.05, 0.1) is 12.5 Å². The number of phenolic OH excluding ortho intramolecular Hbond substituents is 1. The molecule has 0 fully saturated rings. The van der Waals surface area contributed by atoms with Gasteiger partial charge in [-0.3, -0.25) is 19.2 Å². The highest BCUT2D eigenvalue weighted by Crippen LogP contribution is 2.12. The maximum Gasteiger partial charge on any atom is 0.326 e. The summed E-state index contributed by atoms with van der Waals surface area (Å²) in [5.41, 5.74) is 6.42. The van der Waals surface area contributed by atoms with Gasteiger partial charge in [0, 0.05) is 6.42 Å². The van der Waals surface area contributed by atoms with Crippen molar-refractivity contribution in [2.75, 3.05) is 12.0 Å². The molecule has 0 heterocycles. The van der Waals surface area contributed by atoms with Crippen molar-refractivity contribution in [2.45, 2.75) is 57.3 Å². The van der Waals surface area contributed by atoms with E-state index in [-0.39, 0.29) is 24.5 Å². The van der Waals surface area contributed by atoms with Crippen LogP contribution < -0.4 is 21.7 Å². The highest BCUT2D eigenvalue weighted by Gasteiger charge is 2.31. The predicted octanol–water partition coefficient (Wildman–Crippen LogP) is -0.315. The Labute approximate surface area is 213 Å². The molecule has 3 amide bonds. The first-order valence-electron chi connectivity index (χ1n) is 11.2. The quantitative estimate of drug-likeness (QED) is 0.158. The van der Waals surface area contributed by atoms with E-state index in [1.807, 2.05) is 6.26 Å². The smallest absolute Gasteiger partial charge is 0.326 e. The molecule has 0 saturated heterocycles. The zero-order valence-corrected chi connectivity index (χ0v) is 21.2. The van der Waals surface area contributed by atoms with Gasteiger partial charge in [0.1, 0.15) is 23.9 Å². The molecule has 0 radical (unpaired) electrons. The number of benzene rings is 1. The molecular weight excluding hydrogens is 492 g/mol. The molecule has 0 aliphatic heterocycles. The number of aliphatic carboxylic acids is 2. The van der Waals surface area contributed by atoms with Crippen LogP contribution in [0.5, 0.6) is 5.75 Å². The summed E-state index contributed by atoms with van der Waals surface area (Å²) >= 11 is 1.45. The first-order chi connectivity index (χ1) is 16.8. The van der Waals surface area contributed by atoms with Gasteiger partial charge in [-0.2, -0.15) is 11.8 Å². The number of phenols is 1. The van der Waals surface area contributed by atoms with Crippen LogP contribution >= 0.6 is 11.8 Å². The number of carbonyl (C=O) groups excluding carboxylic acids is 3. The van der Waals surface area contributed by atoms with E-state index in [0.717, 1.165) is 0 Å². The molecule has 36 heavy (non-hydrogen) atoms. The number of nitrogens with one attached hydrogen (secondary N) is 3. The number of carbonyl (C=O) groups is 5. The van der Waals surface area contributed by atoms with Crippen LogP contribution in [-0.2, 0) is 30.4 Å². The Kier molecular flexibility index (Phi) is 12.7. The van der Waals surface area contributed by atoms with Crippen molar-refractivity contribution < 1.29 is 39.3 Å². The van der Waals surface area contributed by atoms with Gasteiger partial charge < -0.3 is 37.0 Å². The average Bonchev–Trinajstić information content (AvgIpc) is 2.80. The van der Waals surface area contributed by atoms with Gasteiger partial charge in [-0.25, -0.2) is 4.79 Å². The second-order valence-corrected chi connectivity index (χ2v) is 9.53. The van der Waals surface area contributed by atoms with Gasteiger partial charge in [-0.05, 0) is 42.0 Å². The maximum atomic E-state index is 13.1. The maximum absolute atomic E-state index is 13.1. The third kappa shape index (κ3) is 10.5. The monoisotopic (exact) mass is 526 g/mol. The standard InChI is InChI=1S/C23H34N4O8S/c1-12(2)19(24)22(33)25-15(8-9-36-3)20(31)26-16(10-13-4-6-14(28)7-5-13)21(32)27-17(23(34)35)11-18(29)30/h4-7,12,15-17,19,28H,8-11,24H2,1-3H3,(H,25,33)(H,26,31)(H,27,32)(H,29,30)(H,34,35). The first-order valence-corrected chi connectivity index (χ1v) is 12.6. The lowest BCUT2D eigenvalue weighted by atomic mass is 10.0. The number of carboxylic acids is 2. The van der Waals surface area contributed by atoms with E-state index < -0.39 is 60.2 Å². The Hall–Kier alpha value is -3.32. The van der Waals surface area contributed by atoms with E-state index in [1.54, 1.807) is 13.8 Å². The summed E-state index contributed by atoms with van der Waals surface area (Å²) in [5.74, 6) is -4.78. The molecule has 4 unspecified atom stereocenters. The van der Waals surface area contributed by atoms with E-state index in [2.05, 4.69) is 16.0 Å². The lowest BCUT2D eigenvalue weighted by Crippen LogP contribution is -2.58. The lowest BCUT2D eigenvalue weighted by molar-refractivity contribution is -0.147. The van der Waals surface area contributed by atoms with Crippen molar-refractivity contribution in [3.8, 4) is 5.75 Å². The summed E-state index contributed by atoms with van der Waals surface area (Å²) in [4.78, 5) is 61.0. The number of thioether (sulfide) groups is 1. The molecule has 0 aromatic heterocycles. The van der Waals surface area contributed by atoms with Crippen LogP contribution in [0, 0.1) is 5.92 Å². The number of amides is 3. The molecule has 4 atom stereocenters. The summed E-state index contributed by atoms with van der Waals surface area (Å²) in [7, 11) is 0. The van der Waals surface area contributed by atoms with Crippen LogP contribution in [0.25, 0.3) is 0 Å². The first kappa shape index (κ1) is 30.7. The second-order valence-electron chi connectivity index (χ2n) is 8.54. The van der Waals surface area contributed by atoms with E-state index in [1.165, 1.54) is 36.0 Å². The lowest BCUT2D eigenvalue weighted by Gasteiger charge is -2.25. The third-order valence-electron chi connectivity index (χ3n) is 5.27. The molecule has 8 N–H and O–H groups in total. The topological polar surface area (TPSA) is 208 Å². The van der Waals surface area contributed by atoms with Gasteiger partial charge in [-0.15, -0.1) is 0 Å². The molecule has 0 aliphatic rings. The van der Waals surface area contributed by atoms with Gasteiger partial charge in [0.2, 0.25) is 17.7 Å². The van der Waals surface area contributed by atoms with Gasteiger partial charge in [0.25, 0.3) is 0 Å². The summed E-state index contributed by atoms with van der Waals surface area (Å²) in [6.07, 6.45) is 1.12. The molecule has 12 nitrogen and oxygen atoms in total. The van der Waals surface area contributed by atoms with E-state index in [0.29, 0.717) is 11.3 Å². The molecule has 0 bridgehead atoms. The Bertz CT molecular complexity index is 925. The van der Waals surface area contributed by atoms with Crippen LogP contribution in [-0.4, -0.2) is 81.2 Å². The molecule has 1 aromatic carbocycles. The van der Waals surface area contributed by atoms with Crippen LogP contribution in [0.15, 0.2) is 24.3 Å². The molecule has 200 valence electrons. The van der Waals surface area contributed by atoms with Crippen LogP contribution in [0.1, 0.15) is 32.3 Å². The Morgan fingerprint density at radius 1 is 0.889 bits per heavy atom. The highest BCUT2D eigenvalue weighted by atomic mass is 32.2. The van der Waals surface area contributed by atoms with Crippen molar-refractivity contribution in [1.82, 2.24) is 16.0 Å². The fourth-order valence-corrected chi connectivity index (χ4v) is 3.54. The predicted molar refractivity (Wildman–Crippen MR) is 133 cm³/mol. The Morgan fingerprint density at radius 2 is 1.42 bits per heavy atom. The molecule has 0 saturated carbocycles.